The monoisotopic (exact) mass is 284 g/mol. The molecule has 1 heterocycles. The number of pyridine rings is 1. The summed E-state index contributed by atoms with van der Waals surface area (Å²) in [5, 5.41) is 3.25. The second-order valence-corrected chi connectivity index (χ2v) is 4.72. The normalized spacial score (nSPS) is 11.9. The Hall–Kier alpha value is -2.20. The molecule has 1 atom stereocenters. The van der Waals surface area contributed by atoms with Crippen LogP contribution in [0, 0.1) is 0 Å². The van der Waals surface area contributed by atoms with E-state index in [1.54, 1.807) is 12.3 Å². The summed E-state index contributed by atoms with van der Waals surface area (Å²) in [6.45, 7) is 4.79. The van der Waals surface area contributed by atoms with E-state index in [9.17, 15) is 4.79 Å². The van der Waals surface area contributed by atoms with Crippen molar-refractivity contribution in [3.05, 3.63) is 59.8 Å². The Bertz CT molecular complexity index is 567. The highest BCUT2D eigenvalue weighted by Gasteiger charge is 2.11. The lowest BCUT2D eigenvalue weighted by atomic mass is 10.1. The van der Waals surface area contributed by atoms with Crippen molar-refractivity contribution in [3.8, 4) is 0 Å². The molecule has 0 fully saturated rings. The first kappa shape index (κ1) is 15.2. The van der Waals surface area contributed by atoms with Gasteiger partial charge >= 0.3 is 0 Å². The molecule has 110 valence electrons. The molecule has 1 N–H and O–H groups in total. The molecular formula is C17H20N2O2. The molecule has 0 aliphatic carbocycles. The van der Waals surface area contributed by atoms with Crippen molar-refractivity contribution < 1.29 is 9.53 Å². The maximum Gasteiger partial charge on any atom is 0.161 e. The zero-order chi connectivity index (χ0) is 15.1. The number of hydrogen-bond donors (Lipinski definition) is 1. The van der Waals surface area contributed by atoms with Crippen LogP contribution in [0.5, 0.6) is 0 Å². The molecule has 0 saturated carbocycles. The first-order chi connectivity index (χ1) is 10.2. The van der Waals surface area contributed by atoms with E-state index in [1.165, 1.54) is 6.92 Å². The average molecular weight is 284 g/mol. The van der Waals surface area contributed by atoms with E-state index in [2.05, 4.69) is 10.3 Å². The number of ketones is 1. The Labute approximate surface area is 125 Å². The molecule has 4 nitrogen and oxygen atoms in total. The van der Waals surface area contributed by atoms with Crippen LogP contribution in [-0.4, -0.2) is 23.9 Å². The molecule has 0 spiro atoms. The van der Waals surface area contributed by atoms with Crippen molar-refractivity contribution in [2.45, 2.75) is 20.0 Å². The van der Waals surface area contributed by atoms with Crippen molar-refractivity contribution in [3.63, 3.8) is 0 Å². The summed E-state index contributed by atoms with van der Waals surface area (Å²) in [4.78, 5) is 15.5. The molecule has 0 amide bonds. The van der Waals surface area contributed by atoms with Gasteiger partial charge in [-0.1, -0.05) is 30.3 Å². The van der Waals surface area contributed by atoms with Gasteiger partial charge in [0.25, 0.3) is 0 Å². The van der Waals surface area contributed by atoms with Crippen LogP contribution < -0.4 is 5.32 Å². The molecule has 1 aromatic carbocycles. The summed E-state index contributed by atoms with van der Waals surface area (Å²) in [7, 11) is 0. The Balaban J connectivity index is 2.00. The highest BCUT2D eigenvalue weighted by Crippen LogP contribution is 2.18. The largest absolute Gasteiger partial charge is 0.372 e. The van der Waals surface area contributed by atoms with Crippen LogP contribution in [0.15, 0.2) is 48.7 Å². The second kappa shape index (κ2) is 7.55. The lowest BCUT2D eigenvalue weighted by Gasteiger charge is -2.18. The topological polar surface area (TPSA) is 51.2 Å². The molecule has 2 rings (SSSR count). The van der Waals surface area contributed by atoms with E-state index in [0.717, 1.165) is 11.4 Å². The van der Waals surface area contributed by atoms with E-state index in [0.29, 0.717) is 18.7 Å². The molecule has 4 heteroatoms. The fraction of sp³-hybridized carbons (Fsp3) is 0.294. The molecule has 1 aromatic heterocycles. The van der Waals surface area contributed by atoms with Gasteiger partial charge in [0.05, 0.1) is 6.10 Å². The van der Waals surface area contributed by atoms with Crippen LogP contribution in [0.3, 0.4) is 0 Å². The lowest BCUT2D eigenvalue weighted by molar-refractivity contribution is 0.0718. The number of nitrogens with one attached hydrogen (secondary N) is 1. The van der Waals surface area contributed by atoms with Crippen LogP contribution in [0.1, 0.15) is 35.9 Å². The summed E-state index contributed by atoms with van der Waals surface area (Å²) in [5.41, 5.74) is 1.75. The number of Topliss-reactive ketones (excluding diaryl/α,β-unsaturated/α-hetero) is 1. The van der Waals surface area contributed by atoms with Gasteiger partial charge in [-0.2, -0.15) is 0 Å². The van der Waals surface area contributed by atoms with E-state index in [1.807, 2.05) is 43.3 Å². The van der Waals surface area contributed by atoms with E-state index >= 15 is 0 Å². The molecule has 0 saturated heterocycles. The van der Waals surface area contributed by atoms with Crippen molar-refractivity contribution >= 4 is 11.6 Å². The minimum Gasteiger partial charge on any atom is -0.372 e. The molecule has 0 radical (unpaired) electrons. The van der Waals surface area contributed by atoms with Crippen LogP contribution in [0.2, 0.25) is 0 Å². The smallest absolute Gasteiger partial charge is 0.161 e. The van der Waals surface area contributed by atoms with Gasteiger partial charge in [0.2, 0.25) is 0 Å². The second-order valence-electron chi connectivity index (χ2n) is 4.72. The first-order valence-electron chi connectivity index (χ1n) is 7.08. The van der Waals surface area contributed by atoms with Crippen molar-refractivity contribution in [2.75, 3.05) is 18.5 Å². The summed E-state index contributed by atoms with van der Waals surface area (Å²) < 4.78 is 5.77. The molecule has 2 aromatic rings. The third kappa shape index (κ3) is 4.39. The number of benzene rings is 1. The van der Waals surface area contributed by atoms with Gasteiger partial charge in [-0.15, -0.1) is 0 Å². The summed E-state index contributed by atoms with van der Waals surface area (Å²) in [6.07, 6.45) is 1.56. The molecule has 21 heavy (non-hydrogen) atoms. The van der Waals surface area contributed by atoms with Crippen LogP contribution in [0.25, 0.3) is 0 Å². The SMILES string of the molecule is CCOC(CNc1ccc(C(C)=O)cn1)c1ccccc1. The van der Waals surface area contributed by atoms with E-state index in [-0.39, 0.29) is 11.9 Å². The predicted molar refractivity (Wildman–Crippen MR) is 83.5 cm³/mol. The fourth-order valence-electron chi connectivity index (χ4n) is 2.05. The standard InChI is InChI=1S/C17H20N2O2/c1-3-21-16(14-7-5-4-6-8-14)12-19-17-10-9-15(11-18-17)13(2)20/h4-11,16H,3,12H2,1-2H3,(H,18,19). The average Bonchev–Trinajstić information content (AvgIpc) is 2.52. The van der Waals surface area contributed by atoms with Gasteiger partial charge < -0.3 is 10.1 Å². The van der Waals surface area contributed by atoms with Crippen LogP contribution in [-0.2, 0) is 4.74 Å². The predicted octanol–water partition coefficient (Wildman–Crippen LogP) is 3.47. The Kier molecular flexibility index (Phi) is 5.46. The quantitative estimate of drug-likeness (QED) is 0.791. The molecule has 0 aliphatic rings. The van der Waals surface area contributed by atoms with E-state index < -0.39 is 0 Å². The molecule has 0 bridgehead atoms. The van der Waals surface area contributed by atoms with Gasteiger partial charge in [0.15, 0.2) is 5.78 Å². The van der Waals surface area contributed by atoms with Gasteiger partial charge in [-0.3, -0.25) is 4.79 Å². The van der Waals surface area contributed by atoms with Gasteiger partial charge in [0.1, 0.15) is 5.82 Å². The number of ether oxygens (including phenoxy) is 1. The highest BCUT2D eigenvalue weighted by molar-refractivity contribution is 5.93. The Morgan fingerprint density at radius 3 is 2.57 bits per heavy atom. The third-order valence-electron chi connectivity index (χ3n) is 3.18. The zero-order valence-electron chi connectivity index (χ0n) is 12.4. The first-order valence-corrected chi connectivity index (χ1v) is 7.08. The zero-order valence-corrected chi connectivity index (χ0v) is 12.4. The minimum atomic E-state index is -0.0227. The lowest BCUT2D eigenvalue weighted by Crippen LogP contribution is -2.16. The van der Waals surface area contributed by atoms with Crippen molar-refractivity contribution in [2.24, 2.45) is 0 Å². The van der Waals surface area contributed by atoms with Gasteiger partial charge in [0, 0.05) is 24.9 Å². The number of rotatable bonds is 7. The van der Waals surface area contributed by atoms with Crippen LogP contribution >= 0.6 is 0 Å². The molecule has 0 aliphatic heterocycles. The minimum absolute atomic E-state index is 0.0190. The van der Waals surface area contributed by atoms with Crippen molar-refractivity contribution in [1.29, 1.82) is 0 Å². The van der Waals surface area contributed by atoms with Gasteiger partial charge in [-0.05, 0) is 31.5 Å². The summed E-state index contributed by atoms with van der Waals surface area (Å²) in [6, 6.07) is 13.7. The number of hydrogen-bond acceptors (Lipinski definition) is 4. The van der Waals surface area contributed by atoms with Gasteiger partial charge in [-0.25, -0.2) is 4.98 Å². The molecule has 1 unspecified atom stereocenters. The Morgan fingerprint density at radius 2 is 2.00 bits per heavy atom. The summed E-state index contributed by atoms with van der Waals surface area (Å²) >= 11 is 0. The number of nitrogens with zero attached hydrogens (tertiary/aromatic N) is 1. The van der Waals surface area contributed by atoms with E-state index in [4.69, 9.17) is 4.74 Å². The maximum atomic E-state index is 11.2. The Morgan fingerprint density at radius 1 is 1.24 bits per heavy atom. The molecular weight excluding hydrogens is 264 g/mol. The van der Waals surface area contributed by atoms with Crippen LogP contribution in [0.4, 0.5) is 5.82 Å². The number of aromatic nitrogens is 1. The fourth-order valence-corrected chi connectivity index (χ4v) is 2.05. The number of carbonyl (C=O) groups excluding carboxylic acids is 1. The summed E-state index contributed by atoms with van der Waals surface area (Å²) in [5.74, 6) is 0.756. The highest BCUT2D eigenvalue weighted by atomic mass is 16.5. The third-order valence-corrected chi connectivity index (χ3v) is 3.18. The number of anilines is 1. The number of carbonyl (C=O) groups is 1. The van der Waals surface area contributed by atoms with Crippen molar-refractivity contribution in [1.82, 2.24) is 4.98 Å². The maximum absolute atomic E-state index is 11.2.